The Morgan fingerprint density at radius 1 is 1.33 bits per heavy atom. The van der Waals surface area contributed by atoms with Gasteiger partial charge in [-0.1, -0.05) is 11.6 Å². The molecule has 0 aliphatic carbocycles. The van der Waals surface area contributed by atoms with E-state index in [0.29, 0.717) is 0 Å². The molecular formula is C10H8Cl2F3NO2. The maximum Gasteiger partial charge on any atom is 0.416 e. The molecule has 1 heterocycles. The highest BCUT2D eigenvalue weighted by Gasteiger charge is 2.33. The van der Waals surface area contributed by atoms with E-state index in [1.165, 1.54) is 6.07 Å². The molecule has 1 aromatic rings. The lowest BCUT2D eigenvalue weighted by Gasteiger charge is -2.12. The first kappa shape index (κ1) is 14.9. The number of amides is 1. The van der Waals surface area contributed by atoms with Crippen LogP contribution in [0.3, 0.4) is 0 Å². The fourth-order valence-corrected chi connectivity index (χ4v) is 1.78. The Bertz CT molecular complexity index is 465. The monoisotopic (exact) mass is 301 g/mol. The maximum absolute atomic E-state index is 12.5. The SMILES string of the molecule is Cl.O=C1N[C@H](c2cc(Cl)cc(C(F)(F)F)c2)CO1. The lowest BCUT2D eigenvalue weighted by atomic mass is 10.0. The topological polar surface area (TPSA) is 38.3 Å². The first-order valence-corrected chi connectivity index (χ1v) is 5.05. The molecule has 1 fully saturated rings. The van der Waals surface area contributed by atoms with E-state index in [0.717, 1.165) is 12.1 Å². The van der Waals surface area contributed by atoms with Crippen molar-refractivity contribution in [1.82, 2.24) is 5.32 Å². The van der Waals surface area contributed by atoms with E-state index < -0.39 is 23.9 Å². The summed E-state index contributed by atoms with van der Waals surface area (Å²) in [5.74, 6) is 0. The highest BCUT2D eigenvalue weighted by atomic mass is 35.5. The number of nitrogens with one attached hydrogen (secondary N) is 1. The largest absolute Gasteiger partial charge is 0.447 e. The number of carbonyl (C=O) groups excluding carboxylic acids is 1. The molecule has 1 aromatic carbocycles. The molecule has 0 unspecified atom stereocenters. The standard InChI is InChI=1S/C10H7ClF3NO2.ClH/c11-7-2-5(8-4-17-9(16)15-8)1-6(3-7)10(12,13)14;/h1-3,8H,4H2,(H,15,16);1H/t8-;/m0./s1. The number of cyclic esters (lactones) is 1. The Hall–Kier alpha value is -1.14. The lowest BCUT2D eigenvalue weighted by Crippen LogP contribution is -2.19. The predicted molar refractivity (Wildman–Crippen MR) is 60.9 cm³/mol. The number of hydrogen-bond donors (Lipinski definition) is 1. The molecule has 1 amide bonds. The van der Waals surface area contributed by atoms with Crippen molar-refractivity contribution in [2.75, 3.05) is 6.61 Å². The van der Waals surface area contributed by atoms with Gasteiger partial charge in [0.15, 0.2) is 0 Å². The minimum Gasteiger partial charge on any atom is -0.447 e. The quantitative estimate of drug-likeness (QED) is 0.861. The first-order chi connectivity index (χ1) is 7.86. The second kappa shape index (κ2) is 5.24. The maximum atomic E-state index is 12.5. The molecule has 0 radical (unpaired) electrons. The van der Waals surface area contributed by atoms with Crippen LogP contribution in [0.25, 0.3) is 0 Å². The molecule has 1 aliphatic rings. The molecule has 8 heteroatoms. The Morgan fingerprint density at radius 2 is 2.00 bits per heavy atom. The van der Waals surface area contributed by atoms with Crippen LogP contribution in [-0.4, -0.2) is 12.7 Å². The van der Waals surface area contributed by atoms with Gasteiger partial charge in [0.1, 0.15) is 6.61 Å². The second-order valence-corrected chi connectivity index (χ2v) is 4.00. The fraction of sp³-hybridized carbons (Fsp3) is 0.300. The molecule has 0 saturated carbocycles. The summed E-state index contributed by atoms with van der Waals surface area (Å²) in [5.41, 5.74) is -0.572. The summed E-state index contributed by atoms with van der Waals surface area (Å²) in [6.07, 6.45) is -5.12. The second-order valence-electron chi connectivity index (χ2n) is 3.57. The van der Waals surface area contributed by atoms with Crippen molar-refractivity contribution in [3.05, 3.63) is 34.3 Å². The number of alkyl halides is 3. The molecule has 1 saturated heterocycles. The average molecular weight is 302 g/mol. The number of alkyl carbamates (subject to hydrolysis) is 1. The summed E-state index contributed by atoms with van der Waals surface area (Å²) in [6, 6.07) is 2.56. The molecule has 3 nitrogen and oxygen atoms in total. The van der Waals surface area contributed by atoms with Crippen LogP contribution in [0.5, 0.6) is 0 Å². The molecule has 100 valence electrons. The molecule has 0 spiro atoms. The van der Waals surface area contributed by atoms with Crippen LogP contribution in [0.2, 0.25) is 5.02 Å². The van der Waals surface area contributed by atoms with E-state index in [4.69, 9.17) is 11.6 Å². The van der Waals surface area contributed by atoms with Gasteiger partial charge >= 0.3 is 12.3 Å². The van der Waals surface area contributed by atoms with Gasteiger partial charge in [-0.15, -0.1) is 12.4 Å². The first-order valence-electron chi connectivity index (χ1n) is 4.67. The Kier molecular flexibility index (Phi) is 4.34. The van der Waals surface area contributed by atoms with Crippen molar-refractivity contribution in [3.63, 3.8) is 0 Å². The van der Waals surface area contributed by atoms with Gasteiger partial charge in [-0.3, -0.25) is 0 Å². The normalized spacial score (nSPS) is 18.9. The van der Waals surface area contributed by atoms with Crippen LogP contribution >= 0.6 is 24.0 Å². The summed E-state index contributed by atoms with van der Waals surface area (Å²) >= 11 is 5.62. The van der Waals surface area contributed by atoms with Crippen molar-refractivity contribution in [3.8, 4) is 0 Å². The van der Waals surface area contributed by atoms with Crippen LogP contribution in [0.1, 0.15) is 17.2 Å². The molecule has 2 rings (SSSR count). The average Bonchev–Trinajstić information content (AvgIpc) is 2.62. The van der Waals surface area contributed by atoms with E-state index in [9.17, 15) is 18.0 Å². The zero-order valence-electron chi connectivity index (χ0n) is 8.75. The Labute approximate surface area is 112 Å². The summed E-state index contributed by atoms with van der Waals surface area (Å²) in [6.45, 7) is -0.00350. The molecule has 18 heavy (non-hydrogen) atoms. The minimum absolute atomic E-state index is 0. The van der Waals surface area contributed by atoms with Crippen molar-refractivity contribution in [2.45, 2.75) is 12.2 Å². The molecule has 0 aromatic heterocycles. The number of halogens is 5. The van der Waals surface area contributed by atoms with Crippen molar-refractivity contribution >= 4 is 30.1 Å². The lowest BCUT2D eigenvalue weighted by molar-refractivity contribution is -0.137. The summed E-state index contributed by atoms with van der Waals surface area (Å²) < 4.78 is 42.2. The van der Waals surface area contributed by atoms with Gasteiger partial charge in [0, 0.05) is 5.02 Å². The van der Waals surface area contributed by atoms with Gasteiger partial charge in [-0.05, 0) is 23.8 Å². The van der Waals surface area contributed by atoms with Gasteiger partial charge in [0.2, 0.25) is 0 Å². The third-order valence-corrected chi connectivity index (χ3v) is 2.54. The fourth-order valence-electron chi connectivity index (χ4n) is 1.54. The Balaban J connectivity index is 0.00000162. The molecule has 1 atom stereocenters. The van der Waals surface area contributed by atoms with Crippen molar-refractivity contribution in [2.24, 2.45) is 0 Å². The van der Waals surface area contributed by atoms with Crippen LogP contribution in [-0.2, 0) is 10.9 Å². The van der Waals surface area contributed by atoms with Gasteiger partial charge in [-0.2, -0.15) is 13.2 Å². The van der Waals surface area contributed by atoms with Gasteiger partial charge in [0.25, 0.3) is 0 Å². The highest BCUT2D eigenvalue weighted by Crippen LogP contribution is 2.33. The predicted octanol–water partition coefficient (Wildman–Crippen LogP) is 3.56. The number of hydrogen-bond acceptors (Lipinski definition) is 2. The van der Waals surface area contributed by atoms with Gasteiger partial charge < -0.3 is 10.1 Å². The van der Waals surface area contributed by atoms with Gasteiger partial charge in [-0.25, -0.2) is 4.79 Å². The van der Waals surface area contributed by atoms with Crippen LogP contribution in [0.4, 0.5) is 18.0 Å². The highest BCUT2D eigenvalue weighted by molar-refractivity contribution is 6.30. The van der Waals surface area contributed by atoms with E-state index in [-0.39, 0.29) is 29.6 Å². The number of rotatable bonds is 1. The Morgan fingerprint density at radius 3 is 2.50 bits per heavy atom. The van der Waals surface area contributed by atoms with Gasteiger partial charge in [0.05, 0.1) is 11.6 Å². The zero-order valence-corrected chi connectivity index (χ0v) is 10.3. The van der Waals surface area contributed by atoms with E-state index in [1.54, 1.807) is 0 Å². The van der Waals surface area contributed by atoms with Crippen molar-refractivity contribution in [1.29, 1.82) is 0 Å². The number of ether oxygens (including phenoxy) is 1. The molecule has 0 bridgehead atoms. The molecule has 1 aliphatic heterocycles. The molecule has 1 N–H and O–H groups in total. The van der Waals surface area contributed by atoms with E-state index >= 15 is 0 Å². The minimum atomic E-state index is -4.47. The third kappa shape index (κ3) is 3.20. The summed E-state index contributed by atoms with van der Waals surface area (Å²) in [5, 5.41) is 2.36. The number of benzene rings is 1. The van der Waals surface area contributed by atoms with Crippen LogP contribution < -0.4 is 5.32 Å². The van der Waals surface area contributed by atoms with E-state index in [1.807, 2.05) is 0 Å². The van der Waals surface area contributed by atoms with Crippen LogP contribution in [0.15, 0.2) is 18.2 Å². The summed E-state index contributed by atoms with van der Waals surface area (Å²) in [4.78, 5) is 10.8. The van der Waals surface area contributed by atoms with Crippen LogP contribution in [0, 0.1) is 0 Å². The molecular weight excluding hydrogens is 294 g/mol. The number of carbonyl (C=O) groups is 1. The zero-order chi connectivity index (χ0) is 12.6. The van der Waals surface area contributed by atoms with E-state index in [2.05, 4.69) is 10.1 Å². The third-order valence-electron chi connectivity index (χ3n) is 2.32. The smallest absolute Gasteiger partial charge is 0.416 e. The summed E-state index contributed by atoms with van der Waals surface area (Å²) in [7, 11) is 0. The van der Waals surface area contributed by atoms with Crippen molar-refractivity contribution < 1.29 is 22.7 Å².